The zero-order valence-corrected chi connectivity index (χ0v) is 11.4. The number of aromatic nitrogens is 2. The van der Waals surface area contributed by atoms with Gasteiger partial charge in [0, 0.05) is 26.7 Å². The molecule has 5 heteroatoms. The van der Waals surface area contributed by atoms with Crippen molar-refractivity contribution in [2.75, 3.05) is 37.5 Å². The number of methoxy groups -OCH3 is 1. The second-order valence-electron chi connectivity index (χ2n) is 4.78. The Morgan fingerprint density at radius 2 is 2.28 bits per heavy atom. The maximum absolute atomic E-state index is 5.20. The highest BCUT2D eigenvalue weighted by Crippen LogP contribution is 2.36. The van der Waals surface area contributed by atoms with Crippen molar-refractivity contribution in [1.29, 1.82) is 0 Å². The fourth-order valence-corrected chi connectivity index (χ4v) is 2.16. The quantitative estimate of drug-likeness (QED) is 0.799. The van der Waals surface area contributed by atoms with E-state index in [1.54, 1.807) is 13.3 Å². The van der Waals surface area contributed by atoms with Crippen LogP contribution in [0.5, 0.6) is 0 Å². The Kier molecular flexibility index (Phi) is 4.36. The van der Waals surface area contributed by atoms with E-state index in [4.69, 9.17) is 4.74 Å². The van der Waals surface area contributed by atoms with Gasteiger partial charge in [-0.1, -0.05) is 0 Å². The van der Waals surface area contributed by atoms with Gasteiger partial charge in [0.1, 0.15) is 11.6 Å². The molecule has 1 fully saturated rings. The van der Waals surface area contributed by atoms with Gasteiger partial charge in [-0.2, -0.15) is 0 Å². The lowest BCUT2D eigenvalue weighted by molar-refractivity contribution is 0.202. The molecule has 1 aliphatic rings. The van der Waals surface area contributed by atoms with Crippen molar-refractivity contribution in [3.8, 4) is 0 Å². The van der Waals surface area contributed by atoms with E-state index in [1.165, 1.54) is 12.8 Å². The lowest BCUT2D eigenvalue weighted by Crippen LogP contribution is -2.38. The first-order valence-electron chi connectivity index (χ1n) is 6.51. The first-order valence-corrected chi connectivity index (χ1v) is 6.51. The second kappa shape index (κ2) is 6.00. The number of ether oxygens (including phenoxy) is 1. The van der Waals surface area contributed by atoms with Crippen molar-refractivity contribution in [3.63, 3.8) is 0 Å². The van der Waals surface area contributed by atoms with Gasteiger partial charge in [-0.15, -0.1) is 0 Å². The molecule has 1 unspecified atom stereocenters. The Hall–Kier alpha value is -1.36. The van der Waals surface area contributed by atoms with E-state index in [2.05, 4.69) is 27.1 Å². The molecule has 1 N–H and O–H groups in total. The lowest BCUT2D eigenvalue weighted by Gasteiger charge is -2.30. The highest BCUT2D eigenvalue weighted by Gasteiger charge is 2.32. The average molecular weight is 250 g/mol. The smallest absolute Gasteiger partial charge is 0.149 e. The fourth-order valence-electron chi connectivity index (χ4n) is 2.16. The van der Waals surface area contributed by atoms with Crippen molar-refractivity contribution in [1.82, 2.24) is 9.97 Å². The number of anilines is 2. The monoisotopic (exact) mass is 250 g/mol. The van der Waals surface area contributed by atoms with E-state index >= 15 is 0 Å². The summed E-state index contributed by atoms with van der Waals surface area (Å²) in [5.41, 5.74) is 0. The van der Waals surface area contributed by atoms with Crippen LogP contribution < -0.4 is 10.2 Å². The molecular weight excluding hydrogens is 228 g/mol. The predicted molar refractivity (Wildman–Crippen MR) is 73.0 cm³/mol. The largest absolute Gasteiger partial charge is 0.383 e. The van der Waals surface area contributed by atoms with Gasteiger partial charge in [0.05, 0.1) is 19.0 Å². The molecule has 5 nitrogen and oxygen atoms in total. The van der Waals surface area contributed by atoms with Crippen LogP contribution in [0.15, 0.2) is 12.4 Å². The van der Waals surface area contributed by atoms with Gasteiger partial charge in [-0.3, -0.25) is 4.98 Å². The summed E-state index contributed by atoms with van der Waals surface area (Å²) in [6.45, 7) is 3.83. The molecule has 1 heterocycles. The maximum atomic E-state index is 5.20. The Morgan fingerprint density at radius 3 is 2.89 bits per heavy atom. The molecule has 0 amide bonds. The Bertz CT molecular complexity index is 381. The highest BCUT2D eigenvalue weighted by molar-refractivity contribution is 5.44. The van der Waals surface area contributed by atoms with E-state index in [0.29, 0.717) is 12.6 Å². The first-order chi connectivity index (χ1) is 8.76. The Labute approximate surface area is 109 Å². The van der Waals surface area contributed by atoms with Gasteiger partial charge in [0.15, 0.2) is 0 Å². The van der Waals surface area contributed by atoms with Crippen LogP contribution in [0.25, 0.3) is 0 Å². The third kappa shape index (κ3) is 3.10. The average Bonchev–Trinajstić information content (AvgIpc) is 3.23. The van der Waals surface area contributed by atoms with Crippen LogP contribution in [0.4, 0.5) is 11.6 Å². The molecule has 1 aromatic rings. The van der Waals surface area contributed by atoms with E-state index in [1.807, 2.05) is 13.2 Å². The highest BCUT2D eigenvalue weighted by atomic mass is 16.5. The Balaban J connectivity index is 2.14. The second-order valence-corrected chi connectivity index (χ2v) is 4.78. The lowest BCUT2D eigenvalue weighted by atomic mass is 10.2. The summed E-state index contributed by atoms with van der Waals surface area (Å²) in [5, 5.41) is 3.03. The molecule has 1 aromatic heterocycles. The predicted octanol–water partition coefficient (Wildman–Crippen LogP) is 1.77. The van der Waals surface area contributed by atoms with Gasteiger partial charge in [-0.05, 0) is 25.7 Å². The van der Waals surface area contributed by atoms with Gasteiger partial charge < -0.3 is 15.0 Å². The minimum Gasteiger partial charge on any atom is -0.383 e. The zero-order chi connectivity index (χ0) is 13.0. The molecule has 1 saturated carbocycles. The van der Waals surface area contributed by atoms with Crippen molar-refractivity contribution in [2.45, 2.75) is 25.8 Å². The van der Waals surface area contributed by atoms with E-state index in [9.17, 15) is 0 Å². The summed E-state index contributed by atoms with van der Waals surface area (Å²) in [4.78, 5) is 11.1. The summed E-state index contributed by atoms with van der Waals surface area (Å²) in [7, 11) is 3.59. The molecule has 0 radical (unpaired) electrons. The fraction of sp³-hybridized carbons (Fsp3) is 0.692. The summed E-state index contributed by atoms with van der Waals surface area (Å²) in [6.07, 6.45) is 6.21. The minimum atomic E-state index is 0.501. The molecule has 18 heavy (non-hydrogen) atoms. The summed E-state index contributed by atoms with van der Waals surface area (Å²) >= 11 is 0. The normalized spacial score (nSPS) is 16.4. The minimum absolute atomic E-state index is 0.501. The maximum Gasteiger partial charge on any atom is 0.149 e. The molecule has 100 valence electrons. The van der Waals surface area contributed by atoms with Crippen LogP contribution >= 0.6 is 0 Å². The topological polar surface area (TPSA) is 50.3 Å². The van der Waals surface area contributed by atoms with E-state index < -0.39 is 0 Å². The van der Waals surface area contributed by atoms with E-state index in [-0.39, 0.29) is 0 Å². The van der Waals surface area contributed by atoms with Crippen LogP contribution in [-0.2, 0) is 4.74 Å². The van der Waals surface area contributed by atoms with Gasteiger partial charge in [-0.25, -0.2) is 4.98 Å². The van der Waals surface area contributed by atoms with Crippen molar-refractivity contribution in [3.05, 3.63) is 12.4 Å². The first kappa shape index (κ1) is 13.1. The van der Waals surface area contributed by atoms with Crippen LogP contribution in [0.2, 0.25) is 0 Å². The summed E-state index contributed by atoms with van der Waals surface area (Å²) in [5.74, 6) is 2.53. The van der Waals surface area contributed by atoms with Crippen LogP contribution in [0.1, 0.15) is 19.8 Å². The molecule has 0 aliphatic heterocycles. The molecule has 2 rings (SSSR count). The molecule has 0 aromatic carbocycles. The van der Waals surface area contributed by atoms with Crippen LogP contribution in [0.3, 0.4) is 0 Å². The van der Waals surface area contributed by atoms with Gasteiger partial charge in [0.2, 0.25) is 0 Å². The van der Waals surface area contributed by atoms with Crippen molar-refractivity contribution < 1.29 is 4.74 Å². The van der Waals surface area contributed by atoms with Gasteiger partial charge in [0.25, 0.3) is 0 Å². The SMILES string of the molecule is CNc1cncc(N(CCOC)C(C)C2CC2)n1. The van der Waals surface area contributed by atoms with Gasteiger partial charge >= 0.3 is 0 Å². The van der Waals surface area contributed by atoms with E-state index in [0.717, 1.165) is 24.1 Å². The molecule has 1 aliphatic carbocycles. The Morgan fingerprint density at radius 1 is 1.50 bits per heavy atom. The van der Waals surface area contributed by atoms with Crippen molar-refractivity contribution >= 4 is 11.6 Å². The summed E-state index contributed by atoms with van der Waals surface area (Å²) in [6, 6.07) is 0.501. The molecule has 0 saturated heterocycles. The number of hydrogen-bond donors (Lipinski definition) is 1. The third-order valence-electron chi connectivity index (χ3n) is 3.50. The molecule has 0 spiro atoms. The van der Waals surface area contributed by atoms with Crippen molar-refractivity contribution in [2.24, 2.45) is 5.92 Å². The third-order valence-corrected chi connectivity index (χ3v) is 3.50. The standard InChI is InChI=1S/C13H22N4O/c1-10(11-4-5-11)17(6-7-18-3)13-9-15-8-12(14-2)16-13/h8-11H,4-7H2,1-3H3,(H,14,16). The number of nitrogens with one attached hydrogen (secondary N) is 1. The molecular formula is C13H22N4O. The van der Waals surface area contributed by atoms with Crippen LogP contribution in [-0.4, -0.2) is 43.3 Å². The molecule has 1 atom stereocenters. The summed E-state index contributed by atoms with van der Waals surface area (Å²) < 4.78 is 5.20. The molecule has 0 bridgehead atoms. The number of hydrogen-bond acceptors (Lipinski definition) is 5. The zero-order valence-electron chi connectivity index (χ0n) is 11.4. The van der Waals surface area contributed by atoms with Crippen LogP contribution in [0, 0.1) is 5.92 Å². The number of nitrogens with zero attached hydrogens (tertiary/aromatic N) is 3. The number of rotatable bonds is 7.